The molecule has 1 saturated heterocycles. The molecule has 0 aromatic carbocycles. The van der Waals surface area contributed by atoms with Crippen LogP contribution in [-0.2, 0) is 4.74 Å². The molecule has 0 aromatic rings. The molecule has 1 aliphatic heterocycles. The van der Waals surface area contributed by atoms with Crippen LogP contribution in [0.4, 0.5) is 0 Å². The third kappa shape index (κ3) is 0.389. The van der Waals surface area contributed by atoms with Crippen LogP contribution in [0.1, 0.15) is 0 Å². The van der Waals surface area contributed by atoms with Gasteiger partial charge in [0.1, 0.15) is 0 Å². The highest BCUT2D eigenvalue weighted by Crippen LogP contribution is 2.04. The summed E-state index contributed by atoms with van der Waals surface area (Å²) in [7, 11) is 0. The third-order valence-electron chi connectivity index (χ3n) is 0.811. The molecule has 0 amide bonds. The monoisotopic (exact) mass is 85.1 g/mol. The molecule has 0 bridgehead atoms. The zero-order valence-corrected chi connectivity index (χ0v) is 3.48. The number of hydrogen-bond donors (Lipinski definition) is 1. The lowest BCUT2D eigenvalue weighted by Crippen LogP contribution is -2.17. The van der Waals surface area contributed by atoms with Crippen molar-refractivity contribution in [1.82, 2.24) is 0 Å². The van der Waals surface area contributed by atoms with Gasteiger partial charge in [0.2, 0.25) is 0 Å². The van der Waals surface area contributed by atoms with E-state index in [2.05, 4.69) is 0 Å². The lowest BCUT2D eigenvalue weighted by molar-refractivity contribution is 0.103. The molecule has 2 N–H and O–H groups in total. The molecule has 1 fully saturated rings. The van der Waals surface area contributed by atoms with Crippen molar-refractivity contribution < 1.29 is 4.74 Å². The minimum atomic E-state index is 0.747. The van der Waals surface area contributed by atoms with Crippen LogP contribution in [0.25, 0.3) is 0 Å². The van der Waals surface area contributed by atoms with Crippen molar-refractivity contribution in [2.24, 2.45) is 5.73 Å². The Bertz CT molecular complexity index is 71.6. The van der Waals surface area contributed by atoms with Gasteiger partial charge in [-0.1, -0.05) is 0 Å². The van der Waals surface area contributed by atoms with Gasteiger partial charge in [-0.05, 0) is 11.8 Å². The number of ether oxygens (including phenoxy) is 1. The maximum Gasteiger partial charge on any atom is 0.0720 e. The highest BCUT2D eigenvalue weighted by Gasteiger charge is 2.05. The summed E-state index contributed by atoms with van der Waals surface area (Å²) in [4.78, 5) is 0. The quantitative estimate of drug-likeness (QED) is 0.444. The summed E-state index contributed by atoms with van der Waals surface area (Å²) in [6.07, 6.45) is 1.60. The predicted molar refractivity (Wildman–Crippen MR) is 23.1 cm³/mol. The lowest BCUT2D eigenvalue weighted by Gasteiger charge is -2.15. The molecule has 0 spiro atoms. The maximum absolute atomic E-state index is 5.09. The van der Waals surface area contributed by atoms with E-state index in [1.54, 1.807) is 6.20 Å². The van der Waals surface area contributed by atoms with Crippen LogP contribution in [-0.4, -0.2) is 13.2 Å². The second kappa shape index (κ2) is 1.30. The average molecular weight is 85.1 g/mol. The molecule has 1 rings (SSSR count). The van der Waals surface area contributed by atoms with E-state index in [0.29, 0.717) is 0 Å². The fourth-order valence-electron chi connectivity index (χ4n) is 0.316. The SMILES string of the molecule is NC=C1COC1. The minimum Gasteiger partial charge on any atom is -0.404 e. The van der Waals surface area contributed by atoms with Gasteiger partial charge in [-0.3, -0.25) is 0 Å². The van der Waals surface area contributed by atoms with E-state index in [9.17, 15) is 0 Å². The van der Waals surface area contributed by atoms with Crippen LogP contribution < -0.4 is 5.73 Å². The van der Waals surface area contributed by atoms with Crippen molar-refractivity contribution in [2.75, 3.05) is 13.2 Å². The van der Waals surface area contributed by atoms with Gasteiger partial charge in [0.15, 0.2) is 0 Å². The summed E-state index contributed by atoms with van der Waals surface area (Å²) in [5.74, 6) is 0. The first kappa shape index (κ1) is 3.68. The van der Waals surface area contributed by atoms with Crippen LogP contribution in [0.5, 0.6) is 0 Å². The molecule has 0 aliphatic carbocycles. The Morgan fingerprint density at radius 1 is 1.67 bits per heavy atom. The Balaban J connectivity index is 2.34. The molecular weight excluding hydrogens is 78.0 g/mol. The van der Waals surface area contributed by atoms with Gasteiger partial charge in [-0.25, -0.2) is 0 Å². The molecule has 1 aliphatic rings. The van der Waals surface area contributed by atoms with E-state index in [1.807, 2.05) is 0 Å². The number of nitrogens with two attached hydrogens (primary N) is 1. The normalized spacial score (nSPS) is 19.7. The number of rotatable bonds is 0. The van der Waals surface area contributed by atoms with Gasteiger partial charge in [0.05, 0.1) is 13.2 Å². The zero-order chi connectivity index (χ0) is 4.41. The molecule has 1 heterocycles. The summed E-state index contributed by atoms with van der Waals surface area (Å²) < 4.78 is 4.78. The number of hydrogen-bond acceptors (Lipinski definition) is 2. The molecular formula is C4H7NO. The predicted octanol–water partition coefficient (Wildman–Crippen LogP) is -0.141. The smallest absolute Gasteiger partial charge is 0.0720 e. The Kier molecular flexibility index (Phi) is 0.801. The molecule has 6 heavy (non-hydrogen) atoms. The molecule has 2 heteroatoms. The fourth-order valence-corrected chi connectivity index (χ4v) is 0.316. The molecule has 34 valence electrons. The highest BCUT2D eigenvalue weighted by atomic mass is 16.5. The van der Waals surface area contributed by atoms with Crippen LogP contribution in [0.2, 0.25) is 0 Å². The molecule has 0 unspecified atom stereocenters. The first-order valence-electron chi connectivity index (χ1n) is 1.91. The molecule has 0 atom stereocenters. The van der Waals surface area contributed by atoms with Crippen molar-refractivity contribution in [3.63, 3.8) is 0 Å². The first-order chi connectivity index (χ1) is 2.93. The van der Waals surface area contributed by atoms with Crippen molar-refractivity contribution in [2.45, 2.75) is 0 Å². The standard InChI is InChI=1S/C4H7NO/c5-1-4-2-6-3-4/h1H,2-3,5H2. The van der Waals surface area contributed by atoms with Crippen molar-refractivity contribution in [1.29, 1.82) is 0 Å². The summed E-state index contributed by atoms with van der Waals surface area (Å²) in [5, 5.41) is 0. The second-order valence-electron chi connectivity index (χ2n) is 1.32. The summed E-state index contributed by atoms with van der Waals surface area (Å²) in [5.41, 5.74) is 6.30. The summed E-state index contributed by atoms with van der Waals surface area (Å²) in [6.45, 7) is 1.49. The molecule has 0 saturated carbocycles. The van der Waals surface area contributed by atoms with Crippen molar-refractivity contribution >= 4 is 0 Å². The largest absolute Gasteiger partial charge is 0.404 e. The third-order valence-corrected chi connectivity index (χ3v) is 0.811. The van der Waals surface area contributed by atoms with Gasteiger partial charge in [0, 0.05) is 0 Å². The summed E-state index contributed by atoms with van der Waals surface area (Å²) >= 11 is 0. The topological polar surface area (TPSA) is 35.2 Å². The van der Waals surface area contributed by atoms with E-state index < -0.39 is 0 Å². The van der Waals surface area contributed by atoms with E-state index in [0.717, 1.165) is 13.2 Å². The fraction of sp³-hybridized carbons (Fsp3) is 0.500. The zero-order valence-electron chi connectivity index (χ0n) is 3.48. The van der Waals surface area contributed by atoms with Crippen molar-refractivity contribution in [3.05, 3.63) is 11.8 Å². The van der Waals surface area contributed by atoms with Gasteiger partial charge in [0.25, 0.3) is 0 Å². The maximum atomic E-state index is 5.09. The van der Waals surface area contributed by atoms with E-state index >= 15 is 0 Å². The summed E-state index contributed by atoms with van der Waals surface area (Å²) in [6, 6.07) is 0. The van der Waals surface area contributed by atoms with Crippen molar-refractivity contribution in [3.8, 4) is 0 Å². The van der Waals surface area contributed by atoms with Crippen LogP contribution in [0.15, 0.2) is 11.8 Å². The average Bonchev–Trinajstić information content (AvgIpc) is 1.31. The van der Waals surface area contributed by atoms with Gasteiger partial charge in [-0.15, -0.1) is 0 Å². The van der Waals surface area contributed by atoms with Crippen LogP contribution in [0.3, 0.4) is 0 Å². The highest BCUT2D eigenvalue weighted by molar-refractivity contribution is 5.05. The Morgan fingerprint density at radius 3 is 2.33 bits per heavy atom. The van der Waals surface area contributed by atoms with E-state index in [1.165, 1.54) is 5.57 Å². The Morgan fingerprint density at radius 2 is 2.33 bits per heavy atom. The van der Waals surface area contributed by atoms with Gasteiger partial charge >= 0.3 is 0 Å². The van der Waals surface area contributed by atoms with Gasteiger partial charge in [-0.2, -0.15) is 0 Å². The molecule has 0 radical (unpaired) electrons. The van der Waals surface area contributed by atoms with E-state index in [4.69, 9.17) is 10.5 Å². The van der Waals surface area contributed by atoms with Gasteiger partial charge < -0.3 is 10.5 Å². The first-order valence-corrected chi connectivity index (χ1v) is 1.91. The minimum absolute atomic E-state index is 0.747. The van der Waals surface area contributed by atoms with Crippen LogP contribution >= 0.6 is 0 Å². The second-order valence-corrected chi connectivity index (χ2v) is 1.32. The van der Waals surface area contributed by atoms with E-state index in [-0.39, 0.29) is 0 Å². The van der Waals surface area contributed by atoms with Crippen LogP contribution in [0, 0.1) is 0 Å². The molecule has 0 aromatic heterocycles. The molecule has 2 nitrogen and oxygen atoms in total. The lowest BCUT2D eigenvalue weighted by atomic mass is 10.3. The Hall–Kier alpha value is -0.500. The Labute approximate surface area is 36.6 Å².